The number of H-pyrrole nitrogens is 1. The second-order valence-electron chi connectivity index (χ2n) is 8.54. The third-order valence-electron chi connectivity index (χ3n) is 5.84. The van der Waals surface area contributed by atoms with E-state index in [0.29, 0.717) is 25.4 Å². The minimum Gasteiger partial charge on any atom is -0.461 e. The third kappa shape index (κ3) is 5.83. The summed E-state index contributed by atoms with van der Waals surface area (Å²) in [6.45, 7) is 12.7. The van der Waals surface area contributed by atoms with E-state index in [4.69, 9.17) is 4.74 Å². The third-order valence-corrected chi connectivity index (χ3v) is 5.84. The van der Waals surface area contributed by atoms with Gasteiger partial charge in [-0.05, 0) is 75.4 Å². The Kier molecular flexibility index (Phi) is 7.59. The summed E-state index contributed by atoms with van der Waals surface area (Å²) in [6.07, 6.45) is 0. The summed E-state index contributed by atoms with van der Waals surface area (Å²) in [4.78, 5) is 30.7. The molecule has 2 amide bonds. The average molecular weight is 448 g/mol. The molecular weight excluding hydrogens is 414 g/mol. The molecule has 1 heterocycles. The highest BCUT2D eigenvalue weighted by Crippen LogP contribution is 2.23. The van der Waals surface area contributed by atoms with Gasteiger partial charge >= 0.3 is 12.0 Å². The number of aryl methyl sites for hydroxylation is 4. The number of anilines is 1. The first-order valence-corrected chi connectivity index (χ1v) is 11.2. The molecule has 0 aliphatic carbocycles. The molecule has 3 rings (SSSR count). The molecule has 174 valence electrons. The van der Waals surface area contributed by atoms with E-state index in [1.165, 1.54) is 5.56 Å². The fourth-order valence-electron chi connectivity index (χ4n) is 3.80. The van der Waals surface area contributed by atoms with Crippen molar-refractivity contribution in [1.82, 2.24) is 9.88 Å². The molecule has 0 aliphatic heterocycles. The molecule has 1 aromatic heterocycles. The largest absolute Gasteiger partial charge is 0.461 e. The van der Waals surface area contributed by atoms with Gasteiger partial charge in [0.25, 0.3) is 0 Å². The smallest absolute Gasteiger partial charge is 0.355 e. The normalized spacial score (nSPS) is 10.7. The predicted molar refractivity (Wildman–Crippen MR) is 132 cm³/mol. The molecule has 6 nitrogen and oxygen atoms in total. The molecule has 0 radical (unpaired) electrons. The van der Waals surface area contributed by atoms with Crippen molar-refractivity contribution in [2.75, 3.05) is 11.9 Å². The molecule has 0 atom stereocenters. The number of esters is 1. The zero-order valence-electron chi connectivity index (χ0n) is 20.3. The second-order valence-corrected chi connectivity index (χ2v) is 8.54. The van der Waals surface area contributed by atoms with Crippen molar-refractivity contribution >= 4 is 17.7 Å². The number of amides is 2. The topological polar surface area (TPSA) is 74.4 Å². The van der Waals surface area contributed by atoms with Gasteiger partial charge in [0.15, 0.2) is 0 Å². The van der Waals surface area contributed by atoms with Crippen LogP contribution in [-0.4, -0.2) is 28.5 Å². The predicted octanol–water partition coefficient (Wildman–Crippen LogP) is 5.97. The molecule has 0 aliphatic rings. The van der Waals surface area contributed by atoms with Crippen molar-refractivity contribution in [3.05, 3.63) is 87.2 Å². The van der Waals surface area contributed by atoms with E-state index in [0.717, 1.165) is 39.2 Å². The summed E-state index contributed by atoms with van der Waals surface area (Å²) in [5, 5.41) is 3.08. The average Bonchev–Trinajstić information content (AvgIpc) is 3.05. The zero-order chi connectivity index (χ0) is 24.1. The number of aromatic nitrogens is 1. The molecule has 6 heteroatoms. The van der Waals surface area contributed by atoms with Crippen LogP contribution in [-0.2, 0) is 17.8 Å². The van der Waals surface area contributed by atoms with Crippen molar-refractivity contribution in [2.24, 2.45) is 0 Å². The highest BCUT2D eigenvalue weighted by Gasteiger charge is 2.23. The quantitative estimate of drug-likeness (QED) is 0.438. The fraction of sp³-hybridized carbons (Fsp3) is 0.333. The lowest BCUT2D eigenvalue weighted by Gasteiger charge is -2.24. The molecule has 0 bridgehead atoms. The van der Waals surface area contributed by atoms with Gasteiger partial charge in [-0.3, -0.25) is 0 Å². The molecule has 0 saturated heterocycles. The Balaban J connectivity index is 1.92. The van der Waals surface area contributed by atoms with E-state index in [1.54, 1.807) is 11.8 Å². The highest BCUT2D eigenvalue weighted by atomic mass is 16.5. The van der Waals surface area contributed by atoms with E-state index in [2.05, 4.69) is 10.3 Å². The van der Waals surface area contributed by atoms with E-state index in [1.807, 2.05) is 77.1 Å². The van der Waals surface area contributed by atoms with E-state index >= 15 is 0 Å². The van der Waals surface area contributed by atoms with Gasteiger partial charge in [-0.2, -0.15) is 0 Å². The maximum Gasteiger partial charge on any atom is 0.355 e. The van der Waals surface area contributed by atoms with Crippen molar-refractivity contribution in [2.45, 2.75) is 54.6 Å². The Bertz CT molecular complexity index is 1150. The van der Waals surface area contributed by atoms with Gasteiger partial charge in [0.2, 0.25) is 0 Å². The molecule has 3 aromatic rings. The van der Waals surface area contributed by atoms with Crippen LogP contribution in [0.1, 0.15) is 56.5 Å². The number of urea groups is 1. The van der Waals surface area contributed by atoms with Crippen LogP contribution in [0.5, 0.6) is 0 Å². The Morgan fingerprint density at radius 3 is 2.27 bits per heavy atom. The lowest BCUT2D eigenvalue weighted by atomic mass is 10.1. The number of rotatable bonds is 7. The van der Waals surface area contributed by atoms with Crippen LogP contribution in [0.2, 0.25) is 0 Å². The van der Waals surface area contributed by atoms with Crippen LogP contribution in [0.3, 0.4) is 0 Å². The lowest BCUT2D eigenvalue weighted by molar-refractivity contribution is 0.0519. The Labute approximate surface area is 196 Å². The van der Waals surface area contributed by atoms with Crippen LogP contribution in [0.25, 0.3) is 0 Å². The van der Waals surface area contributed by atoms with Crippen LogP contribution in [0.15, 0.2) is 42.5 Å². The van der Waals surface area contributed by atoms with Crippen LogP contribution in [0.4, 0.5) is 10.5 Å². The van der Waals surface area contributed by atoms with Gasteiger partial charge < -0.3 is 19.9 Å². The van der Waals surface area contributed by atoms with Crippen LogP contribution >= 0.6 is 0 Å². The van der Waals surface area contributed by atoms with Gasteiger partial charge in [0.05, 0.1) is 6.61 Å². The Morgan fingerprint density at radius 1 is 0.939 bits per heavy atom. The second kappa shape index (κ2) is 10.4. The summed E-state index contributed by atoms with van der Waals surface area (Å²) in [6, 6.07) is 14.0. The van der Waals surface area contributed by atoms with Gasteiger partial charge in [-0.25, -0.2) is 9.59 Å². The van der Waals surface area contributed by atoms with Crippen LogP contribution < -0.4 is 5.32 Å². The number of ether oxygens (including phenoxy) is 1. The minimum absolute atomic E-state index is 0.193. The first-order valence-electron chi connectivity index (χ1n) is 11.2. The van der Waals surface area contributed by atoms with Gasteiger partial charge in [0, 0.05) is 24.5 Å². The number of carbonyl (C=O) groups is 2. The summed E-state index contributed by atoms with van der Waals surface area (Å²) in [5.41, 5.74) is 8.10. The van der Waals surface area contributed by atoms with Gasteiger partial charge in [0.1, 0.15) is 5.69 Å². The summed E-state index contributed by atoms with van der Waals surface area (Å²) in [7, 11) is 0. The first kappa shape index (κ1) is 24.1. The lowest BCUT2D eigenvalue weighted by Crippen LogP contribution is -2.34. The number of nitrogens with zero attached hydrogens (tertiary/aromatic N) is 1. The summed E-state index contributed by atoms with van der Waals surface area (Å²) < 4.78 is 5.18. The summed E-state index contributed by atoms with van der Waals surface area (Å²) in [5.74, 6) is -0.380. The Morgan fingerprint density at radius 2 is 1.61 bits per heavy atom. The molecule has 2 aromatic carbocycles. The van der Waals surface area contributed by atoms with Crippen molar-refractivity contribution in [3.63, 3.8) is 0 Å². The maximum absolute atomic E-state index is 13.4. The standard InChI is InChI=1S/C27H33N3O3/c1-7-33-26(31)25-20(5)23(21(6)28-25)16-30(15-22-12-9-17(2)10-13-22)27(32)29-24-14-18(3)8-11-19(24)4/h8-14,28H,7,15-16H2,1-6H3,(H,29,32). The van der Waals surface area contributed by atoms with E-state index < -0.39 is 0 Å². The summed E-state index contributed by atoms with van der Waals surface area (Å²) >= 11 is 0. The van der Waals surface area contributed by atoms with E-state index in [9.17, 15) is 9.59 Å². The number of aromatic amines is 1. The highest BCUT2D eigenvalue weighted by molar-refractivity contribution is 5.91. The van der Waals surface area contributed by atoms with Crippen molar-refractivity contribution < 1.29 is 14.3 Å². The molecule has 0 fully saturated rings. The van der Waals surface area contributed by atoms with Crippen molar-refractivity contribution in [3.8, 4) is 0 Å². The number of hydrogen-bond donors (Lipinski definition) is 2. The minimum atomic E-state index is -0.380. The number of benzene rings is 2. The van der Waals surface area contributed by atoms with Crippen molar-refractivity contribution in [1.29, 1.82) is 0 Å². The molecule has 2 N–H and O–H groups in total. The number of hydrogen-bond acceptors (Lipinski definition) is 3. The zero-order valence-corrected chi connectivity index (χ0v) is 20.3. The number of carbonyl (C=O) groups excluding carboxylic acids is 2. The molecular formula is C27H33N3O3. The first-order chi connectivity index (χ1) is 15.7. The molecule has 0 spiro atoms. The van der Waals surface area contributed by atoms with Gasteiger partial charge in [-0.15, -0.1) is 0 Å². The Hall–Kier alpha value is -3.54. The van der Waals surface area contributed by atoms with Gasteiger partial charge in [-0.1, -0.05) is 42.0 Å². The molecule has 33 heavy (non-hydrogen) atoms. The molecule has 0 saturated carbocycles. The SMILES string of the molecule is CCOC(=O)c1[nH]c(C)c(CN(Cc2ccc(C)cc2)C(=O)Nc2cc(C)ccc2C)c1C. The van der Waals surface area contributed by atoms with Crippen LogP contribution in [0, 0.1) is 34.6 Å². The maximum atomic E-state index is 13.4. The number of nitrogens with one attached hydrogen (secondary N) is 2. The monoisotopic (exact) mass is 447 g/mol. The fourth-order valence-corrected chi connectivity index (χ4v) is 3.80. The van der Waals surface area contributed by atoms with E-state index in [-0.39, 0.29) is 12.0 Å². The molecule has 0 unspecified atom stereocenters.